The van der Waals surface area contributed by atoms with E-state index in [0.717, 1.165) is 0 Å². The van der Waals surface area contributed by atoms with Gasteiger partial charge in [0, 0.05) is 17.0 Å². The van der Waals surface area contributed by atoms with Crippen LogP contribution in [0.4, 0.5) is 22.0 Å². The van der Waals surface area contributed by atoms with Gasteiger partial charge in [-0.15, -0.1) is 6.58 Å². The van der Waals surface area contributed by atoms with Crippen molar-refractivity contribution < 1.29 is 31.4 Å². The van der Waals surface area contributed by atoms with Gasteiger partial charge in [-0.3, -0.25) is 0 Å². The quantitative estimate of drug-likeness (QED) is 0.232. The topological polar surface area (TPSA) is 18.5 Å². The zero-order valence-corrected chi connectivity index (χ0v) is 19.9. The van der Waals surface area contributed by atoms with Gasteiger partial charge in [0.1, 0.15) is 0 Å². The zero-order valence-electron chi connectivity index (χ0n) is 19.9. The van der Waals surface area contributed by atoms with Crippen molar-refractivity contribution in [1.29, 1.82) is 0 Å². The van der Waals surface area contributed by atoms with Crippen LogP contribution in [0.5, 0.6) is 5.75 Å². The highest BCUT2D eigenvalue weighted by Gasteiger charge is 2.27. The maximum atomic E-state index is 15.0. The minimum absolute atomic E-state index is 0.0548. The summed E-state index contributed by atoms with van der Waals surface area (Å²) >= 11 is 0. The first kappa shape index (κ1) is 25.9. The number of aryl methyl sites for hydroxylation is 2. The normalized spacial score (nSPS) is 17.7. The second kappa shape index (κ2) is 11.2. The Balaban J connectivity index is 1.53. The Morgan fingerprint density at radius 2 is 1.61 bits per heavy atom. The van der Waals surface area contributed by atoms with Crippen LogP contribution < -0.4 is 4.74 Å². The number of ether oxygens (including phenoxy) is 2. The minimum Gasteiger partial charge on any atom is -0.491 e. The van der Waals surface area contributed by atoms with Crippen LogP contribution in [0.3, 0.4) is 0 Å². The maximum absolute atomic E-state index is 15.0. The molecule has 7 heteroatoms. The molecule has 0 aromatic heterocycles. The van der Waals surface area contributed by atoms with Crippen LogP contribution in [0, 0.1) is 29.1 Å². The van der Waals surface area contributed by atoms with Crippen molar-refractivity contribution in [2.75, 3.05) is 13.2 Å². The Bertz CT molecular complexity index is 1250. The lowest BCUT2D eigenvalue weighted by Crippen LogP contribution is -2.23. The lowest BCUT2D eigenvalue weighted by Gasteiger charge is -2.28. The fourth-order valence-corrected chi connectivity index (χ4v) is 4.53. The summed E-state index contributed by atoms with van der Waals surface area (Å²) in [6.07, 6.45) is 3.15. The number of rotatable bonds is 8. The van der Waals surface area contributed by atoms with Crippen LogP contribution in [0.15, 0.2) is 55.1 Å². The van der Waals surface area contributed by atoms with Crippen molar-refractivity contribution in [3.8, 4) is 16.9 Å². The minimum atomic E-state index is -1.26. The number of halogens is 5. The van der Waals surface area contributed by atoms with E-state index in [2.05, 4.69) is 6.58 Å². The molecule has 2 nitrogen and oxygen atoms in total. The van der Waals surface area contributed by atoms with Gasteiger partial charge in [0.15, 0.2) is 34.8 Å². The first-order chi connectivity index (χ1) is 17.3. The molecule has 2 atom stereocenters. The second-order valence-corrected chi connectivity index (χ2v) is 8.81. The van der Waals surface area contributed by atoms with Gasteiger partial charge in [-0.2, -0.15) is 0 Å². The highest BCUT2D eigenvalue weighted by molar-refractivity contribution is 5.66. The van der Waals surface area contributed by atoms with Crippen molar-refractivity contribution in [2.45, 2.75) is 44.6 Å². The van der Waals surface area contributed by atoms with Gasteiger partial charge < -0.3 is 9.47 Å². The summed E-state index contributed by atoms with van der Waals surface area (Å²) in [6, 6.07) is 9.70. The van der Waals surface area contributed by atoms with E-state index in [1.807, 2.05) is 0 Å². The number of hydrogen-bond acceptors (Lipinski definition) is 2. The molecule has 1 fully saturated rings. The third-order valence-electron chi connectivity index (χ3n) is 6.56. The largest absolute Gasteiger partial charge is 0.491 e. The predicted molar refractivity (Wildman–Crippen MR) is 129 cm³/mol. The van der Waals surface area contributed by atoms with Gasteiger partial charge >= 0.3 is 0 Å². The van der Waals surface area contributed by atoms with Gasteiger partial charge in [0.2, 0.25) is 0 Å². The molecule has 0 amide bonds. The maximum Gasteiger partial charge on any atom is 0.167 e. The molecule has 1 aliphatic heterocycles. The molecule has 0 saturated carbocycles. The summed E-state index contributed by atoms with van der Waals surface area (Å²) in [5.41, 5.74) is 0.0825. The summed E-state index contributed by atoms with van der Waals surface area (Å²) in [7, 11) is 0. The van der Waals surface area contributed by atoms with Gasteiger partial charge in [-0.05, 0) is 61.4 Å². The average Bonchev–Trinajstić information content (AvgIpc) is 2.88. The molecule has 1 aliphatic rings. The van der Waals surface area contributed by atoms with Crippen LogP contribution in [0.25, 0.3) is 11.1 Å². The van der Waals surface area contributed by atoms with Crippen LogP contribution in [-0.4, -0.2) is 19.3 Å². The summed E-state index contributed by atoms with van der Waals surface area (Å²) < 4.78 is 84.5. The molecule has 0 spiro atoms. The smallest absolute Gasteiger partial charge is 0.167 e. The Hall–Kier alpha value is -3.19. The molecule has 3 aromatic rings. The standard InChI is InChI=1S/C29H27F5O2/c1-3-20-10-8-19(16-36-20)21-12-13-23(29(34)27(21)32)22-11-9-18(26(31)28(22)33)7-5-17-6-14-25(35-4-2)24(30)15-17/h3,6,9,11-15,19-20H,1,4-5,7-8,10,16H2,2H3. The third kappa shape index (κ3) is 5.31. The molecule has 0 aliphatic carbocycles. The first-order valence-corrected chi connectivity index (χ1v) is 11.9. The van der Waals surface area contributed by atoms with Crippen molar-refractivity contribution in [2.24, 2.45) is 0 Å². The summed E-state index contributed by atoms with van der Waals surface area (Å²) in [6.45, 7) is 5.97. The molecule has 0 radical (unpaired) electrons. The van der Waals surface area contributed by atoms with Crippen LogP contribution in [0.1, 0.15) is 42.4 Å². The Morgan fingerprint density at radius 1 is 0.889 bits per heavy atom. The Labute approximate surface area is 207 Å². The average molecular weight is 503 g/mol. The lowest BCUT2D eigenvalue weighted by molar-refractivity contribution is 0.0320. The molecule has 190 valence electrons. The number of hydrogen-bond donors (Lipinski definition) is 0. The zero-order chi connectivity index (χ0) is 25.8. The van der Waals surface area contributed by atoms with Gasteiger partial charge in [-0.25, -0.2) is 22.0 Å². The van der Waals surface area contributed by atoms with Crippen LogP contribution in [-0.2, 0) is 17.6 Å². The Morgan fingerprint density at radius 3 is 2.25 bits per heavy atom. The van der Waals surface area contributed by atoms with E-state index in [-0.39, 0.29) is 59.5 Å². The molecule has 0 N–H and O–H groups in total. The summed E-state index contributed by atoms with van der Waals surface area (Å²) in [4.78, 5) is 0. The van der Waals surface area contributed by atoms with Crippen molar-refractivity contribution in [3.63, 3.8) is 0 Å². The van der Waals surface area contributed by atoms with Gasteiger partial charge in [-0.1, -0.05) is 36.4 Å². The lowest BCUT2D eigenvalue weighted by atomic mass is 9.89. The molecule has 2 unspecified atom stereocenters. The third-order valence-corrected chi connectivity index (χ3v) is 6.56. The van der Waals surface area contributed by atoms with Crippen LogP contribution >= 0.6 is 0 Å². The fraction of sp³-hybridized carbons (Fsp3) is 0.310. The van der Waals surface area contributed by atoms with Crippen molar-refractivity contribution in [1.82, 2.24) is 0 Å². The predicted octanol–water partition coefficient (Wildman–Crippen LogP) is 7.68. The highest BCUT2D eigenvalue weighted by atomic mass is 19.2. The summed E-state index contributed by atoms with van der Waals surface area (Å²) in [5, 5.41) is 0. The molecule has 36 heavy (non-hydrogen) atoms. The molecule has 4 rings (SSSR count). The van der Waals surface area contributed by atoms with E-state index in [0.29, 0.717) is 25.0 Å². The fourth-order valence-electron chi connectivity index (χ4n) is 4.53. The molecule has 3 aromatic carbocycles. The van der Waals surface area contributed by atoms with Crippen LogP contribution in [0.2, 0.25) is 0 Å². The first-order valence-electron chi connectivity index (χ1n) is 11.9. The molecule has 1 saturated heterocycles. The molecular weight excluding hydrogens is 475 g/mol. The van der Waals surface area contributed by atoms with Gasteiger partial charge in [0.05, 0.1) is 19.3 Å². The van der Waals surface area contributed by atoms with E-state index in [1.54, 1.807) is 19.1 Å². The monoisotopic (exact) mass is 502 g/mol. The van der Waals surface area contributed by atoms with Gasteiger partial charge in [0.25, 0.3) is 0 Å². The van der Waals surface area contributed by atoms with E-state index in [1.165, 1.54) is 36.4 Å². The molecule has 0 bridgehead atoms. The van der Waals surface area contributed by atoms with Crippen molar-refractivity contribution >= 4 is 0 Å². The highest BCUT2D eigenvalue weighted by Crippen LogP contribution is 2.36. The SMILES string of the molecule is C=CC1CCC(c2ccc(-c3ccc(CCc4ccc(OCC)c(F)c4)c(F)c3F)c(F)c2F)CO1. The Kier molecular flexibility index (Phi) is 8.09. The van der Waals surface area contributed by atoms with E-state index >= 15 is 0 Å². The van der Waals surface area contributed by atoms with E-state index in [4.69, 9.17) is 9.47 Å². The van der Waals surface area contributed by atoms with Crippen molar-refractivity contribution in [3.05, 3.63) is 101 Å². The van der Waals surface area contributed by atoms with E-state index in [9.17, 15) is 22.0 Å². The molecular formula is C29H27F5O2. The molecule has 1 heterocycles. The van der Waals surface area contributed by atoms with E-state index < -0.39 is 29.1 Å². The number of benzene rings is 3. The summed E-state index contributed by atoms with van der Waals surface area (Å²) in [5.74, 6) is -5.45. The second-order valence-electron chi connectivity index (χ2n) is 8.81.